The first kappa shape index (κ1) is 7.03. The predicted octanol–water partition coefficient (Wildman–Crippen LogP) is 1.03. The van der Waals surface area contributed by atoms with Crippen LogP contribution in [-0.4, -0.2) is 6.04 Å². The lowest BCUT2D eigenvalue weighted by Gasteiger charge is -2.13. The Bertz CT molecular complexity index is 97.1. The van der Waals surface area contributed by atoms with Crippen LogP contribution in [0.15, 0.2) is 0 Å². The van der Waals surface area contributed by atoms with E-state index in [4.69, 9.17) is 5.84 Å². The highest BCUT2D eigenvalue weighted by Crippen LogP contribution is 2.48. The number of nitrogens with one attached hydrogen (secondary N) is 1. The molecule has 0 aliphatic heterocycles. The summed E-state index contributed by atoms with van der Waals surface area (Å²) in [6.07, 6.45) is 4.00. The maximum absolute atomic E-state index is 5.26. The summed E-state index contributed by atoms with van der Waals surface area (Å²) in [5.74, 6) is 5.26. The van der Waals surface area contributed by atoms with Crippen molar-refractivity contribution in [2.75, 3.05) is 0 Å². The van der Waals surface area contributed by atoms with E-state index in [-0.39, 0.29) is 0 Å². The second-order valence-corrected chi connectivity index (χ2v) is 3.58. The first-order valence-electron chi connectivity index (χ1n) is 3.62. The summed E-state index contributed by atoms with van der Waals surface area (Å²) < 4.78 is 0. The van der Waals surface area contributed by atoms with E-state index in [0.717, 1.165) is 0 Å². The molecule has 0 saturated heterocycles. The van der Waals surface area contributed by atoms with Gasteiger partial charge in [-0.25, -0.2) is 0 Å². The van der Waals surface area contributed by atoms with Gasteiger partial charge < -0.3 is 0 Å². The zero-order valence-corrected chi connectivity index (χ0v) is 6.28. The van der Waals surface area contributed by atoms with Gasteiger partial charge in [0.1, 0.15) is 0 Å². The van der Waals surface area contributed by atoms with Gasteiger partial charge in [-0.3, -0.25) is 11.3 Å². The largest absolute Gasteiger partial charge is 0.271 e. The molecule has 1 aliphatic carbocycles. The van der Waals surface area contributed by atoms with Gasteiger partial charge >= 0.3 is 0 Å². The van der Waals surface area contributed by atoms with E-state index in [1.54, 1.807) is 0 Å². The molecule has 3 N–H and O–H groups in total. The molecule has 1 unspecified atom stereocenters. The molecule has 0 spiro atoms. The van der Waals surface area contributed by atoms with Crippen LogP contribution in [0.4, 0.5) is 0 Å². The fourth-order valence-corrected chi connectivity index (χ4v) is 1.22. The summed E-state index contributed by atoms with van der Waals surface area (Å²) in [6, 6.07) is 0.484. The lowest BCUT2D eigenvalue weighted by atomic mass is 10.0. The normalized spacial score (nSPS) is 25.7. The van der Waals surface area contributed by atoms with Crippen LogP contribution in [-0.2, 0) is 0 Å². The highest BCUT2D eigenvalue weighted by Gasteiger charge is 2.37. The van der Waals surface area contributed by atoms with E-state index in [1.165, 1.54) is 19.3 Å². The van der Waals surface area contributed by atoms with Gasteiger partial charge in [0.15, 0.2) is 0 Å². The van der Waals surface area contributed by atoms with Crippen LogP contribution >= 0.6 is 0 Å². The van der Waals surface area contributed by atoms with Crippen molar-refractivity contribution in [3.05, 3.63) is 0 Å². The number of nitrogens with two attached hydrogens (primary N) is 1. The monoisotopic (exact) mass is 128 g/mol. The third-order valence-electron chi connectivity index (χ3n) is 2.19. The summed E-state index contributed by atoms with van der Waals surface area (Å²) in [4.78, 5) is 0. The minimum atomic E-state index is 0.484. The van der Waals surface area contributed by atoms with Crippen molar-refractivity contribution in [1.29, 1.82) is 0 Å². The Morgan fingerprint density at radius 3 is 2.56 bits per heavy atom. The molecule has 0 aromatic rings. The minimum Gasteiger partial charge on any atom is -0.271 e. The third kappa shape index (κ3) is 1.95. The van der Waals surface area contributed by atoms with Crippen molar-refractivity contribution in [2.45, 2.75) is 39.2 Å². The van der Waals surface area contributed by atoms with Crippen LogP contribution in [0.5, 0.6) is 0 Å². The highest BCUT2D eigenvalue weighted by atomic mass is 15.2. The van der Waals surface area contributed by atoms with Crippen molar-refractivity contribution in [1.82, 2.24) is 5.43 Å². The van der Waals surface area contributed by atoms with Gasteiger partial charge in [-0.05, 0) is 31.6 Å². The molecule has 1 fully saturated rings. The number of hydrogen-bond donors (Lipinski definition) is 2. The van der Waals surface area contributed by atoms with Crippen LogP contribution in [0.25, 0.3) is 0 Å². The minimum absolute atomic E-state index is 0.484. The fraction of sp³-hybridized carbons (Fsp3) is 1.00. The lowest BCUT2D eigenvalue weighted by molar-refractivity contribution is 0.412. The Morgan fingerprint density at radius 2 is 2.22 bits per heavy atom. The van der Waals surface area contributed by atoms with Crippen LogP contribution in [0.3, 0.4) is 0 Å². The first-order valence-corrected chi connectivity index (χ1v) is 3.62. The topological polar surface area (TPSA) is 38.0 Å². The van der Waals surface area contributed by atoms with Gasteiger partial charge in [0.25, 0.3) is 0 Å². The second kappa shape index (κ2) is 2.27. The SMILES string of the molecule is CC(CC1(C)CC1)NN. The van der Waals surface area contributed by atoms with E-state index < -0.39 is 0 Å². The molecule has 1 rings (SSSR count). The van der Waals surface area contributed by atoms with E-state index in [2.05, 4.69) is 19.3 Å². The van der Waals surface area contributed by atoms with Crippen molar-refractivity contribution >= 4 is 0 Å². The molecule has 0 aromatic heterocycles. The van der Waals surface area contributed by atoms with Gasteiger partial charge in [-0.2, -0.15) is 0 Å². The van der Waals surface area contributed by atoms with Crippen LogP contribution in [0, 0.1) is 5.41 Å². The average Bonchev–Trinajstić information content (AvgIpc) is 2.48. The molecule has 54 valence electrons. The summed E-state index contributed by atoms with van der Waals surface area (Å²) in [5, 5.41) is 0. The van der Waals surface area contributed by atoms with Gasteiger partial charge in [-0.15, -0.1) is 0 Å². The van der Waals surface area contributed by atoms with Crippen molar-refractivity contribution in [3.63, 3.8) is 0 Å². The van der Waals surface area contributed by atoms with E-state index in [1.807, 2.05) is 0 Å². The molecule has 0 amide bonds. The summed E-state index contributed by atoms with van der Waals surface area (Å²) in [7, 11) is 0. The van der Waals surface area contributed by atoms with Crippen LogP contribution in [0.1, 0.15) is 33.1 Å². The lowest BCUT2D eigenvalue weighted by Crippen LogP contribution is -2.33. The first-order chi connectivity index (χ1) is 4.16. The van der Waals surface area contributed by atoms with Crippen molar-refractivity contribution in [2.24, 2.45) is 11.3 Å². The second-order valence-electron chi connectivity index (χ2n) is 3.58. The standard InChI is InChI=1S/C7H16N2/c1-6(9-8)5-7(2)3-4-7/h6,9H,3-5,8H2,1-2H3. The number of hydrogen-bond acceptors (Lipinski definition) is 2. The molecular formula is C7H16N2. The van der Waals surface area contributed by atoms with E-state index in [9.17, 15) is 0 Å². The van der Waals surface area contributed by atoms with E-state index in [0.29, 0.717) is 11.5 Å². The number of hydrazine groups is 1. The van der Waals surface area contributed by atoms with Gasteiger partial charge in [0, 0.05) is 6.04 Å². The zero-order chi connectivity index (χ0) is 6.91. The van der Waals surface area contributed by atoms with Gasteiger partial charge in [-0.1, -0.05) is 6.92 Å². The summed E-state index contributed by atoms with van der Waals surface area (Å²) in [6.45, 7) is 4.45. The molecule has 1 aliphatic rings. The molecule has 0 aromatic carbocycles. The smallest absolute Gasteiger partial charge is 0.0187 e. The van der Waals surface area contributed by atoms with E-state index >= 15 is 0 Å². The van der Waals surface area contributed by atoms with Crippen molar-refractivity contribution < 1.29 is 0 Å². The van der Waals surface area contributed by atoms with Gasteiger partial charge in [0.05, 0.1) is 0 Å². The zero-order valence-electron chi connectivity index (χ0n) is 6.28. The summed E-state index contributed by atoms with van der Waals surface area (Å²) in [5.41, 5.74) is 3.39. The Balaban J connectivity index is 2.17. The van der Waals surface area contributed by atoms with Crippen LogP contribution in [0.2, 0.25) is 0 Å². The Morgan fingerprint density at radius 1 is 1.67 bits per heavy atom. The average molecular weight is 128 g/mol. The Hall–Kier alpha value is -0.0800. The Labute approximate surface area is 56.8 Å². The maximum Gasteiger partial charge on any atom is 0.0187 e. The maximum atomic E-state index is 5.26. The predicted molar refractivity (Wildman–Crippen MR) is 38.7 cm³/mol. The molecule has 1 saturated carbocycles. The molecule has 2 heteroatoms. The summed E-state index contributed by atoms with van der Waals surface area (Å²) >= 11 is 0. The molecule has 0 bridgehead atoms. The molecule has 0 heterocycles. The molecule has 0 radical (unpaired) electrons. The van der Waals surface area contributed by atoms with Crippen molar-refractivity contribution in [3.8, 4) is 0 Å². The highest BCUT2D eigenvalue weighted by molar-refractivity contribution is 4.90. The Kier molecular flexibility index (Phi) is 1.78. The molecule has 2 nitrogen and oxygen atoms in total. The molecule has 1 atom stereocenters. The molecule has 9 heavy (non-hydrogen) atoms. The third-order valence-corrected chi connectivity index (χ3v) is 2.19. The fourth-order valence-electron chi connectivity index (χ4n) is 1.22. The quantitative estimate of drug-likeness (QED) is 0.440. The van der Waals surface area contributed by atoms with Gasteiger partial charge in [0.2, 0.25) is 0 Å². The molecular weight excluding hydrogens is 112 g/mol. The number of rotatable bonds is 3. The van der Waals surface area contributed by atoms with Crippen LogP contribution < -0.4 is 11.3 Å².